The van der Waals surface area contributed by atoms with Crippen LogP contribution in [0.3, 0.4) is 0 Å². The van der Waals surface area contributed by atoms with Gasteiger partial charge < -0.3 is 15.6 Å². The molecule has 10 heteroatoms. The van der Waals surface area contributed by atoms with Crippen LogP contribution in [0.2, 0.25) is 5.02 Å². The van der Waals surface area contributed by atoms with Crippen LogP contribution in [0.1, 0.15) is 132 Å². The van der Waals surface area contributed by atoms with Crippen LogP contribution < -0.4 is 11.3 Å². The SMILES string of the molecule is CC(C)C1=C2[C@H]3CC[C@@H]4[C@@]5(C)CC[C@H](OC(=O)CC(C)(C)C(=O)O)C(C)(C)[C@@H]5CC[C@@]4(C)[C@]3(C)CC[C@@]2(Cc2cc(=O)n(-c3ccc(Cl)cc3)n2CCN)CC1=O. The molecule has 2 aromatic rings. The number of carboxylic acid groups (broad SMARTS) is 1. The van der Waals surface area contributed by atoms with Crippen LogP contribution in [0.25, 0.3) is 5.69 Å². The second kappa shape index (κ2) is 14.2. The summed E-state index contributed by atoms with van der Waals surface area (Å²) in [5.41, 5.74) is 8.46. The van der Waals surface area contributed by atoms with Crippen LogP contribution in [0.15, 0.2) is 46.3 Å². The van der Waals surface area contributed by atoms with Gasteiger partial charge in [-0.15, -0.1) is 0 Å². The maximum Gasteiger partial charge on any atom is 0.309 e. The van der Waals surface area contributed by atoms with Crippen molar-refractivity contribution in [2.24, 2.45) is 61.9 Å². The fourth-order valence-electron chi connectivity index (χ4n) is 14.0. The molecule has 0 unspecified atom stereocenters. The van der Waals surface area contributed by atoms with Crippen LogP contribution in [-0.4, -0.2) is 44.8 Å². The van der Waals surface area contributed by atoms with Gasteiger partial charge in [0.05, 0.1) is 24.1 Å². The van der Waals surface area contributed by atoms with E-state index < -0.39 is 17.4 Å². The van der Waals surface area contributed by atoms with Gasteiger partial charge in [0.15, 0.2) is 5.78 Å². The van der Waals surface area contributed by atoms with Crippen molar-refractivity contribution in [1.82, 2.24) is 9.36 Å². The minimum atomic E-state index is -1.18. The summed E-state index contributed by atoms with van der Waals surface area (Å²) in [5.74, 6) is 0.0652. The number of nitrogens with zero attached hydrogens (tertiary/aromatic N) is 2. The lowest BCUT2D eigenvalue weighted by molar-refractivity contribution is -0.233. The van der Waals surface area contributed by atoms with E-state index in [0.717, 1.165) is 68.3 Å². The van der Waals surface area contributed by atoms with E-state index in [0.29, 0.717) is 42.8 Å². The Morgan fingerprint density at radius 2 is 1.63 bits per heavy atom. The lowest BCUT2D eigenvalue weighted by Crippen LogP contribution is -2.65. The molecule has 0 aliphatic heterocycles. The number of aliphatic carboxylic acids is 1. The number of carbonyl (C=O) groups is 3. The number of esters is 1. The van der Waals surface area contributed by atoms with E-state index in [-0.39, 0.29) is 62.8 Å². The standard InChI is InChI=1S/C47H66ClN3O6/c1-28(2)39-33(52)26-47(25-31-24-37(53)51(50(31)23-22-49)30-12-10-29(48)11-13-30)21-20-45(8)32(40(39)47)14-15-35-44(7)18-17-36(57-38(54)27-42(3,4)41(55)56)43(5,6)34(44)16-19-46(35,45)9/h10-13,24,28,32,34-36H,14-23,25-27,49H2,1-9H3,(H,55,56)/t32-,34+,35-,36+,44+,45-,46-,47-/m1/s1. The highest BCUT2D eigenvalue weighted by atomic mass is 35.5. The zero-order valence-corrected chi connectivity index (χ0v) is 36.6. The molecule has 9 nitrogen and oxygen atoms in total. The van der Waals surface area contributed by atoms with E-state index in [1.165, 1.54) is 5.57 Å². The lowest BCUT2D eigenvalue weighted by atomic mass is 9.33. The molecule has 5 aliphatic rings. The summed E-state index contributed by atoms with van der Waals surface area (Å²) in [6.45, 7) is 20.6. The summed E-state index contributed by atoms with van der Waals surface area (Å²) >= 11 is 6.23. The summed E-state index contributed by atoms with van der Waals surface area (Å²) in [4.78, 5) is 53.1. The van der Waals surface area contributed by atoms with E-state index >= 15 is 0 Å². The molecule has 312 valence electrons. The molecule has 0 amide bonds. The molecule has 0 saturated heterocycles. The third-order valence-corrected chi connectivity index (χ3v) is 17.2. The number of carboxylic acids is 1. The number of benzene rings is 1. The van der Waals surface area contributed by atoms with E-state index in [9.17, 15) is 24.3 Å². The van der Waals surface area contributed by atoms with Gasteiger partial charge in [0.2, 0.25) is 0 Å². The normalized spacial score (nSPS) is 34.7. The van der Waals surface area contributed by atoms with Crippen molar-refractivity contribution >= 4 is 29.3 Å². The fraction of sp³-hybridized carbons (Fsp3) is 0.702. The van der Waals surface area contributed by atoms with E-state index in [1.54, 1.807) is 36.7 Å². The van der Waals surface area contributed by atoms with E-state index in [1.807, 2.05) is 16.8 Å². The van der Waals surface area contributed by atoms with Gasteiger partial charge >= 0.3 is 11.9 Å². The Balaban J connectivity index is 1.21. The number of ketones is 1. The van der Waals surface area contributed by atoms with Crippen molar-refractivity contribution in [3.8, 4) is 5.69 Å². The molecule has 0 radical (unpaired) electrons. The highest BCUT2D eigenvalue weighted by Crippen LogP contribution is 2.77. The van der Waals surface area contributed by atoms with E-state index in [2.05, 4.69) is 48.5 Å². The maximum atomic E-state index is 14.4. The number of hydrogen-bond acceptors (Lipinski definition) is 6. The summed E-state index contributed by atoms with van der Waals surface area (Å²) in [5, 5.41) is 10.3. The number of carbonyl (C=O) groups excluding carboxylic acids is 2. The van der Waals surface area contributed by atoms with Crippen LogP contribution >= 0.6 is 11.6 Å². The molecule has 57 heavy (non-hydrogen) atoms. The minimum absolute atomic E-state index is 0.0183. The van der Waals surface area contributed by atoms with Gasteiger partial charge in [-0.05, 0) is 141 Å². The van der Waals surface area contributed by atoms with Gasteiger partial charge in [-0.25, -0.2) is 4.68 Å². The van der Waals surface area contributed by atoms with Crippen molar-refractivity contribution < 1.29 is 24.2 Å². The largest absolute Gasteiger partial charge is 0.481 e. The first-order valence-corrected chi connectivity index (χ1v) is 21.9. The summed E-state index contributed by atoms with van der Waals surface area (Å²) in [6.07, 6.45) is 8.61. The minimum Gasteiger partial charge on any atom is -0.481 e. The second-order valence-corrected chi connectivity index (χ2v) is 21.5. The third kappa shape index (κ3) is 6.42. The first kappa shape index (κ1) is 42.0. The molecule has 3 N–H and O–H groups in total. The second-order valence-electron chi connectivity index (χ2n) is 21.0. The van der Waals surface area contributed by atoms with E-state index in [4.69, 9.17) is 22.1 Å². The zero-order valence-electron chi connectivity index (χ0n) is 35.8. The third-order valence-electron chi connectivity index (χ3n) is 17.0. The van der Waals surface area contributed by atoms with Crippen LogP contribution in [0.5, 0.6) is 0 Å². The molecule has 1 aromatic heterocycles. The molecule has 1 heterocycles. The molecule has 1 aromatic carbocycles. The first-order chi connectivity index (χ1) is 26.6. The molecule has 8 atom stereocenters. The number of halogens is 1. The molecule has 4 saturated carbocycles. The molecule has 0 spiro atoms. The van der Waals surface area contributed by atoms with Crippen molar-refractivity contribution in [1.29, 1.82) is 0 Å². The van der Waals surface area contributed by atoms with Crippen LogP contribution in [-0.2, 0) is 32.1 Å². The number of hydrogen-bond donors (Lipinski definition) is 2. The average Bonchev–Trinajstić information content (AvgIpc) is 3.58. The Labute approximate surface area is 344 Å². The number of ether oxygens (including phenoxy) is 1. The Kier molecular flexibility index (Phi) is 10.5. The van der Waals surface area contributed by atoms with Gasteiger partial charge in [-0.3, -0.25) is 23.9 Å². The van der Waals surface area contributed by atoms with Crippen molar-refractivity contribution in [3.63, 3.8) is 0 Å². The van der Waals surface area contributed by atoms with Gasteiger partial charge in [0, 0.05) is 40.6 Å². The number of aromatic nitrogens is 2. The average molecular weight is 805 g/mol. The Bertz CT molecular complexity index is 2040. The molecule has 7 rings (SSSR count). The zero-order chi connectivity index (χ0) is 41.7. The highest BCUT2D eigenvalue weighted by molar-refractivity contribution is 6.30. The fourth-order valence-corrected chi connectivity index (χ4v) is 14.1. The van der Waals surface area contributed by atoms with Gasteiger partial charge in [-0.2, -0.15) is 0 Å². The van der Waals surface area contributed by atoms with Crippen molar-refractivity contribution in [2.45, 2.75) is 146 Å². The summed E-state index contributed by atoms with van der Waals surface area (Å²) in [7, 11) is 0. The number of fused-ring (bicyclic) bond motifs is 7. The number of rotatable bonds is 10. The van der Waals surface area contributed by atoms with Crippen molar-refractivity contribution in [2.75, 3.05) is 6.54 Å². The highest BCUT2D eigenvalue weighted by Gasteiger charge is 2.70. The number of Topliss-reactive ketones (excluding diaryl/α,β-unsaturated/α-hetero) is 1. The predicted molar refractivity (Wildman–Crippen MR) is 223 cm³/mol. The summed E-state index contributed by atoms with van der Waals surface area (Å²) < 4.78 is 9.94. The van der Waals surface area contributed by atoms with Gasteiger partial charge in [0.25, 0.3) is 5.56 Å². The Hall–Kier alpha value is -3.17. The molecule has 0 bridgehead atoms. The quantitative estimate of drug-likeness (QED) is 0.229. The topological polar surface area (TPSA) is 134 Å². The molecule has 4 fully saturated rings. The molecule has 5 aliphatic carbocycles. The number of allylic oxidation sites excluding steroid dienone is 2. The van der Waals surface area contributed by atoms with Crippen molar-refractivity contribution in [3.05, 3.63) is 62.5 Å². The van der Waals surface area contributed by atoms with Gasteiger partial charge in [0.1, 0.15) is 6.10 Å². The first-order valence-electron chi connectivity index (χ1n) is 21.5. The lowest BCUT2D eigenvalue weighted by Gasteiger charge is -2.72. The van der Waals surface area contributed by atoms with Crippen LogP contribution in [0, 0.1) is 56.2 Å². The monoisotopic (exact) mass is 803 g/mol. The van der Waals surface area contributed by atoms with Crippen LogP contribution in [0.4, 0.5) is 0 Å². The van der Waals surface area contributed by atoms with Gasteiger partial charge in [-0.1, -0.05) is 65.6 Å². The Morgan fingerprint density at radius 3 is 2.26 bits per heavy atom. The molecular formula is C47H66ClN3O6. The number of nitrogens with two attached hydrogens (primary N) is 1. The Morgan fingerprint density at radius 1 is 0.947 bits per heavy atom. The maximum absolute atomic E-state index is 14.4. The predicted octanol–water partition coefficient (Wildman–Crippen LogP) is 9.19. The molecular weight excluding hydrogens is 738 g/mol. The smallest absolute Gasteiger partial charge is 0.309 e. The summed E-state index contributed by atoms with van der Waals surface area (Å²) in [6, 6.07) is 9.10.